The van der Waals surface area contributed by atoms with Crippen LogP contribution in [-0.2, 0) is 9.59 Å². The highest BCUT2D eigenvalue weighted by Crippen LogP contribution is 2.28. The highest BCUT2D eigenvalue weighted by molar-refractivity contribution is 6.35. The van der Waals surface area contributed by atoms with Gasteiger partial charge in [0.2, 0.25) is 0 Å². The lowest BCUT2D eigenvalue weighted by Gasteiger charge is -2.34. The van der Waals surface area contributed by atoms with Gasteiger partial charge in [-0.1, -0.05) is 30.3 Å². The van der Waals surface area contributed by atoms with E-state index in [2.05, 4.69) is 15.5 Å². The molecule has 0 aliphatic carbocycles. The summed E-state index contributed by atoms with van der Waals surface area (Å²) in [6, 6.07) is 14.4. The molecule has 1 aliphatic rings. The second-order valence-corrected chi connectivity index (χ2v) is 8.07. The zero-order valence-electron chi connectivity index (χ0n) is 19.9. The third kappa shape index (κ3) is 6.48. The summed E-state index contributed by atoms with van der Waals surface area (Å²) in [7, 11) is 3.09. The summed E-state index contributed by atoms with van der Waals surface area (Å²) >= 11 is 0. The van der Waals surface area contributed by atoms with Crippen LogP contribution in [0.4, 0.5) is 0 Å². The number of carbonyl (C=O) groups excluding carboxylic acids is 3. The Morgan fingerprint density at radius 2 is 1.59 bits per heavy atom. The molecule has 9 nitrogen and oxygen atoms in total. The molecule has 9 heteroatoms. The Morgan fingerprint density at radius 1 is 0.912 bits per heavy atom. The van der Waals surface area contributed by atoms with E-state index in [9.17, 15) is 14.4 Å². The van der Waals surface area contributed by atoms with Crippen molar-refractivity contribution in [2.75, 3.05) is 53.5 Å². The highest BCUT2D eigenvalue weighted by Gasteiger charge is 2.23. The van der Waals surface area contributed by atoms with E-state index in [-0.39, 0.29) is 11.9 Å². The summed E-state index contributed by atoms with van der Waals surface area (Å²) in [6.07, 6.45) is 0. The lowest BCUT2D eigenvalue weighted by Crippen LogP contribution is -2.51. The van der Waals surface area contributed by atoms with Crippen LogP contribution in [0.5, 0.6) is 11.5 Å². The first-order valence-corrected chi connectivity index (χ1v) is 11.3. The molecule has 1 aliphatic heterocycles. The first-order valence-electron chi connectivity index (χ1n) is 11.3. The molecule has 182 valence electrons. The van der Waals surface area contributed by atoms with Gasteiger partial charge < -0.3 is 25.0 Å². The standard InChI is InChI=1S/C25H32N4O5/c1-18(19-7-5-4-6-8-19)27-24(31)23(30)26-11-12-28-13-15-29(16-14-28)25(32)20-9-10-21(33-2)22(17-20)34-3/h4-10,17-18H,11-16H2,1-3H3,(H,26,30)(H,27,31)/t18-/m0/s1. The zero-order chi connectivity index (χ0) is 24.5. The van der Waals surface area contributed by atoms with Crippen molar-refractivity contribution in [2.45, 2.75) is 13.0 Å². The van der Waals surface area contributed by atoms with Crippen molar-refractivity contribution in [3.8, 4) is 11.5 Å². The normalized spacial score (nSPS) is 14.7. The predicted octanol–water partition coefficient (Wildman–Crippen LogP) is 1.46. The fourth-order valence-corrected chi connectivity index (χ4v) is 3.82. The molecule has 0 spiro atoms. The van der Waals surface area contributed by atoms with Crippen molar-refractivity contribution in [1.29, 1.82) is 0 Å². The minimum atomic E-state index is -0.651. The molecule has 0 saturated carbocycles. The zero-order valence-corrected chi connectivity index (χ0v) is 19.9. The molecule has 2 aromatic carbocycles. The van der Waals surface area contributed by atoms with Crippen molar-refractivity contribution >= 4 is 17.7 Å². The smallest absolute Gasteiger partial charge is 0.309 e. The van der Waals surface area contributed by atoms with Gasteiger partial charge in [0.25, 0.3) is 5.91 Å². The molecule has 0 radical (unpaired) electrons. The maximum atomic E-state index is 12.9. The molecule has 2 aromatic rings. The van der Waals surface area contributed by atoms with E-state index >= 15 is 0 Å². The van der Waals surface area contributed by atoms with Gasteiger partial charge in [-0.25, -0.2) is 0 Å². The maximum Gasteiger partial charge on any atom is 0.309 e. The van der Waals surface area contributed by atoms with Gasteiger partial charge in [0, 0.05) is 44.8 Å². The Hall–Kier alpha value is -3.59. The first-order chi connectivity index (χ1) is 16.4. The number of benzene rings is 2. The molecular weight excluding hydrogens is 436 g/mol. The fourth-order valence-electron chi connectivity index (χ4n) is 3.82. The molecule has 3 rings (SSSR count). The number of hydrogen-bond donors (Lipinski definition) is 2. The number of nitrogens with one attached hydrogen (secondary N) is 2. The average molecular weight is 469 g/mol. The Morgan fingerprint density at radius 3 is 2.24 bits per heavy atom. The van der Waals surface area contributed by atoms with Crippen molar-refractivity contribution in [2.24, 2.45) is 0 Å². The minimum absolute atomic E-state index is 0.0573. The first kappa shape index (κ1) is 25.0. The van der Waals surface area contributed by atoms with Gasteiger partial charge >= 0.3 is 11.8 Å². The summed E-state index contributed by atoms with van der Waals surface area (Å²) in [5.74, 6) is -0.260. The topological polar surface area (TPSA) is 100 Å². The highest BCUT2D eigenvalue weighted by atomic mass is 16.5. The Balaban J connectivity index is 1.39. The number of rotatable bonds is 8. The SMILES string of the molecule is COc1ccc(C(=O)N2CCN(CCNC(=O)C(=O)N[C@@H](C)c3ccccc3)CC2)cc1OC. The number of methoxy groups -OCH3 is 2. The van der Waals surface area contributed by atoms with Gasteiger partial charge in [0.05, 0.1) is 20.3 Å². The van der Waals surface area contributed by atoms with Crippen LogP contribution >= 0.6 is 0 Å². The number of nitrogens with zero attached hydrogens (tertiary/aromatic N) is 2. The third-order valence-corrected chi connectivity index (χ3v) is 5.86. The predicted molar refractivity (Wildman–Crippen MR) is 128 cm³/mol. The van der Waals surface area contributed by atoms with Crippen molar-refractivity contribution in [3.05, 3.63) is 59.7 Å². The van der Waals surface area contributed by atoms with Crippen LogP contribution < -0.4 is 20.1 Å². The van der Waals surface area contributed by atoms with Crippen molar-refractivity contribution < 1.29 is 23.9 Å². The number of ether oxygens (including phenoxy) is 2. The molecule has 3 amide bonds. The molecule has 2 N–H and O–H groups in total. The molecule has 1 atom stereocenters. The Bertz CT molecular complexity index is 990. The van der Waals surface area contributed by atoms with Gasteiger partial charge in [-0.15, -0.1) is 0 Å². The van der Waals surface area contributed by atoms with Gasteiger partial charge in [-0.2, -0.15) is 0 Å². The maximum absolute atomic E-state index is 12.9. The largest absolute Gasteiger partial charge is 0.493 e. The summed E-state index contributed by atoms with van der Waals surface area (Å²) in [5.41, 5.74) is 1.48. The van der Waals surface area contributed by atoms with Crippen molar-refractivity contribution in [1.82, 2.24) is 20.4 Å². The molecular formula is C25H32N4O5. The summed E-state index contributed by atoms with van der Waals surface area (Å²) < 4.78 is 10.5. The molecule has 1 fully saturated rings. The lowest BCUT2D eigenvalue weighted by atomic mass is 10.1. The van der Waals surface area contributed by atoms with E-state index in [4.69, 9.17) is 9.47 Å². The fraction of sp³-hybridized carbons (Fsp3) is 0.400. The van der Waals surface area contributed by atoms with Crippen LogP contribution in [0.3, 0.4) is 0 Å². The summed E-state index contributed by atoms with van der Waals surface area (Å²) in [5, 5.41) is 5.38. The second kappa shape index (κ2) is 12.0. The van der Waals surface area contributed by atoms with E-state index in [1.54, 1.807) is 30.2 Å². The molecule has 0 unspecified atom stereocenters. The monoisotopic (exact) mass is 468 g/mol. The molecule has 0 aromatic heterocycles. The molecule has 1 heterocycles. The number of hydrogen-bond acceptors (Lipinski definition) is 6. The Labute approximate surface area is 200 Å². The van der Waals surface area contributed by atoms with Gasteiger partial charge in [-0.05, 0) is 30.7 Å². The van der Waals surface area contributed by atoms with E-state index in [1.165, 1.54) is 7.11 Å². The molecule has 34 heavy (non-hydrogen) atoms. The molecule has 1 saturated heterocycles. The van der Waals surface area contributed by atoms with Crippen LogP contribution in [0.1, 0.15) is 28.9 Å². The van der Waals surface area contributed by atoms with E-state index < -0.39 is 11.8 Å². The lowest BCUT2D eigenvalue weighted by molar-refractivity contribution is -0.139. The van der Waals surface area contributed by atoms with Crippen LogP contribution in [0.2, 0.25) is 0 Å². The van der Waals surface area contributed by atoms with Crippen molar-refractivity contribution in [3.63, 3.8) is 0 Å². The van der Waals surface area contributed by atoms with Gasteiger partial charge in [0.15, 0.2) is 11.5 Å². The van der Waals surface area contributed by atoms with Crippen LogP contribution in [0.25, 0.3) is 0 Å². The number of amides is 3. The Kier molecular flexibility index (Phi) is 8.86. The van der Waals surface area contributed by atoms with E-state index in [1.807, 2.05) is 37.3 Å². The minimum Gasteiger partial charge on any atom is -0.493 e. The number of carbonyl (C=O) groups is 3. The van der Waals surface area contributed by atoms with E-state index in [0.717, 1.165) is 5.56 Å². The van der Waals surface area contributed by atoms with Crippen LogP contribution in [0, 0.1) is 0 Å². The average Bonchev–Trinajstić information content (AvgIpc) is 2.88. The van der Waals surface area contributed by atoms with Crippen LogP contribution in [0.15, 0.2) is 48.5 Å². The molecule has 0 bridgehead atoms. The van der Waals surface area contributed by atoms with Crippen LogP contribution in [-0.4, -0.2) is 81.0 Å². The van der Waals surface area contributed by atoms with E-state index in [0.29, 0.717) is 56.3 Å². The summed E-state index contributed by atoms with van der Waals surface area (Å²) in [6.45, 7) is 5.33. The quantitative estimate of drug-likeness (QED) is 0.569. The van der Waals surface area contributed by atoms with Gasteiger partial charge in [-0.3, -0.25) is 19.3 Å². The third-order valence-electron chi connectivity index (χ3n) is 5.86. The van der Waals surface area contributed by atoms with Gasteiger partial charge in [0.1, 0.15) is 0 Å². The number of piperazine rings is 1. The second-order valence-electron chi connectivity index (χ2n) is 8.07. The summed E-state index contributed by atoms with van der Waals surface area (Å²) in [4.78, 5) is 41.1.